The van der Waals surface area contributed by atoms with E-state index in [0.717, 1.165) is 12.8 Å². The lowest BCUT2D eigenvalue weighted by molar-refractivity contribution is -0.145. The number of carboxylic acids is 1. The predicted molar refractivity (Wildman–Crippen MR) is 49.4 cm³/mol. The Bertz CT molecular complexity index is 174. The fourth-order valence-corrected chi connectivity index (χ4v) is 1.79. The maximum absolute atomic E-state index is 10.7. The molecule has 4 heteroatoms. The molecule has 0 aromatic rings. The molecule has 1 saturated carbocycles. The van der Waals surface area contributed by atoms with Gasteiger partial charge < -0.3 is 10.8 Å². The van der Waals surface area contributed by atoms with Gasteiger partial charge in [-0.05, 0) is 18.8 Å². The lowest BCUT2D eigenvalue weighted by atomic mass is 9.77. The second-order valence-corrected chi connectivity index (χ2v) is 3.66. The van der Waals surface area contributed by atoms with Gasteiger partial charge in [0.2, 0.25) is 0 Å². The number of aliphatic carboxylic acids is 1. The first-order valence-electron chi connectivity index (χ1n) is 4.07. The summed E-state index contributed by atoms with van der Waals surface area (Å²) >= 11 is 0. The highest BCUT2D eigenvalue weighted by Gasteiger charge is 2.37. The largest absolute Gasteiger partial charge is 0.480 e. The first-order valence-corrected chi connectivity index (χ1v) is 4.07. The summed E-state index contributed by atoms with van der Waals surface area (Å²) < 4.78 is 0. The summed E-state index contributed by atoms with van der Waals surface area (Å²) in [4.78, 5) is 10.7. The Kier molecular flexibility index (Phi) is 4.00. The van der Waals surface area contributed by atoms with Gasteiger partial charge in [-0.2, -0.15) is 0 Å². The summed E-state index contributed by atoms with van der Waals surface area (Å²) in [6.45, 7) is 2.06. The van der Waals surface area contributed by atoms with Crippen LogP contribution in [-0.2, 0) is 4.79 Å². The zero-order valence-corrected chi connectivity index (χ0v) is 8.06. The third-order valence-electron chi connectivity index (χ3n) is 2.46. The fourth-order valence-electron chi connectivity index (χ4n) is 1.79. The minimum absolute atomic E-state index is 0. The molecular weight excluding hydrogens is 178 g/mol. The van der Waals surface area contributed by atoms with Crippen LogP contribution in [0.3, 0.4) is 0 Å². The molecule has 1 fully saturated rings. The number of carboxylic acid groups (broad SMARTS) is 1. The third-order valence-corrected chi connectivity index (χ3v) is 2.46. The van der Waals surface area contributed by atoms with Crippen LogP contribution in [0.2, 0.25) is 0 Å². The molecule has 0 spiro atoms. The van der Waals surface area contributed by atoms with E-state index in [-0.39, 0.29) is 12.4 Å². The normalized spacial score (nSPS) is 35.3. The molecule has 1 aliphatic carbocycles. The van der Waals surface area contributed by atoms with Crippen molar-refractivity contribution in [3.05, 3.63) is 0 Å². The van der Waals surface area contributed by atoms with Gasteiger partial charge in [-0.3, -0.25) is 4.79 Å². The highest BCUT2D eigenvalue weighted by Crippen LogP contribution is 2.30. The Morgan fingerprint density at radius 2 is 2.25 bits per heavy atom. The molecule has 0 saturated heterocycles. The van der Waals surface area contributed by atoms with E-state index in [1.807, 2.05) is 0 Å². The molecule has 2 unspecified atom stereocenters. The van der Waals surface area contributed by atoms with Crippen molar-refractivity contribution >= 4 is 18.4 Å². The molecule has 0 heterocycles. The van der Waals surface area contributed by atoms with Crippen molar-refractivity contribution in [1.82, 2.24) is 0 Å². The average molecular weight is 194 g/mol. The SMILES string of the molecule is CC1CCCC(N)(C(=O)O)C1.Cl. The van der Waals surface area contributed by atoms with Gasteiger partial charge in [0.15, 0.2) is 0 Å². The average Bonchev–Trinajstić information content (AvgIpc) is 1.86. The van der Waals surface area contributed by atoms with Gasteiger partial charge >= 0.3 is 5.97 Å². The molecule has 1 aliphatic rings. The highest BCUT2D eigenvalue weighted by atomic mass is 35.5. The lowest BCUT2D eigenvalue weighted by Gasteiger charge is -2.32. The molecule has 72 valence electrons. The Hall–Kier alpha value is -0.280. The van der Waals surface area contributed by atoms with Crippen molar-refractivity contribution in [3.8, 4) is 0 Å². The maximum Gasteiger partial charge on any atom is 0.323 e. The smallest absolute Gasteiger partial charge is 0.323 e. The number of hydrogen-bond donors (Lipinski definition) is 2. The zero-order valence-electron chi connectivity index (χ0n) is 7.25. The molecule has 0 amide bonds. The van der Waals surface area contributed by atoms with Gasteiger partial charge in [-0.15, -0.1) is 12.4 Å². The van der Waals surface area contributed by atoms with Crippen LogP contribution in [0.15, 0.2) is 0 Å². The first-order chi connectivity index (χ1) is 5.04. The molecule has 0 radical (unpaired) electrons. The highest BCUT2D eigenvalue weighted by molar-refractivity contribution is 5.85. The maximum atomic E-state index is 10.7. The number of hydrogen-bond acceptors (Lipinski definition) is 2. The molecule has 2 atom stereocenters. The van der Waals surface area contributed by atoms with Gasteiger partial charge in [0.05, 0.1) is 0 Å². The number of carbonyl (C=O) groups is 1. The van der Waals surface area contributed by atoms with Crippen LogP contribution < -0.4 is 5.73 Å². The minimum Gasteiger partial charge on any atom is -0.480 e. The second kappa shape index (κ2) is 4.10. The molecule has 3 nitrogen and oxygen atoms in total. The van der Waals surface area contributed by atoms with Crippen LogP contribution >= 0.6 is 12.4 Å². The molecular formula is C8H16ClNO2. The van der Waals surface area contributed by atoms with Crippen molar-refractivity contribution in [2.24, 2.45) is 11.7 Å². The number of rotatable bonds is 1. The van der Waals surface area contributed by atoms with Crippen LogP contribution in [0, 0.1) is 5.92 Å². The van der Waals surface area contributed by atoms with Crippen LogP contribution in [0.25, 0.3) is 0 Å². The topological polar surface area (TPSA) is 63.3 Å². The Labute approximate surface area is 78.7 Å². The molecule has 0 aromatic carbocycles. The van der Waals surface area contributed by atoms with Crippen molar-refractivity contribution in [3.63, 3.8) is 0 Å². The summed E-state index contributed by atoms with van der Waals surface area (Å²) in [5, 5.41) is 8.79. The Balaban J connectivity index is 0.00000121. The van der Waals surface area contributed by atoms with Crippen molar-refractivity contribution in [2.75, 3.05) is 0 Å². The van der Waals surface area contributed by atoms with Gasteiger partial charge in [0.1, 0.15) is 5.54 Å². The molecule has 12 heavy (non-hydrogen) atoms. The van der Waals surface area contributed by atoms with E-state index in [1.165, 1.54) is 0 Å². The summed E-state index contributed by atoms with van der Waals surface area (Å²) in [7, 11) is 0. The van der Waals surface area contributed by atoms with E-state index in [1.54, 1.807) is 0 Å². The van der Waals surface area contributed by atoms with Gasteiger partial charge in [-0.1, -0.05) is 19.8 Å². The number of nitrogens with two attached hydrogens (primary N) is 1. The van der Waals surface area contributed by atoms with Gasteiger partial charge in [0.25, 0.3) is 0 Å². The van der Waals surface area contributed by atoms with Gasteiger partial charge in [0, 0.05) is 0 Å². The van der Waals surface area contributed by atoms with Crippen LogP contribution in [0.4, 0.5) is 0 Å². The minimum atomic E-state index is -0.933. The summed E-state index contributed by atoms with van der Waals surface area (Å²) in [5.74, 6) is -0.381. The quantitative estimate of drug-likeness (QED) is 0.662. The monoisotopic (exact) mass is 193 g/mol. The van der Waals surface area contributed by atoms with Crippen LogP contribution in [0.5, 0.6) is 0 Å². The van der Waals surface area contributed by atoms with Crippen molar-refractivity contribution < 1.29 is 9.90 Å². The van der Waals surface area contributed by atoms with Crippen LogP contribution in [-0.4, -0.2) is 16.6 Å². The van der Waals surface area contributed by atoms with Crippen molar-refractivity contribution in [1.29, 1.82) is 0 Å². The Morgan fingerprint density at radius 3 is 2.58 bits per heavy atom. The second-order valence-electron chi connectivity index (χ2n) is 3.66. The van der Waals surface area contributed by atoms with Crippen LogP contribution in [0.1, 0.15) is 32.6 Å². The standard InChI is InChI=1S/C8H15NO2.ClH/c1-6-3-2-4-8(9,5-6)7(10)11;/h6H,2-5,9H2,1H3,(H,10,11);1H. The summed E-state index contributed by atoms with van der Waals surface area (Å²) in [6.07, 6.45) is 3.32. The first kappa shape index (κ1) is 11.7. The molecule has 3 N–H and O–H groups in total. The van der Waals surface area contributed by atoms with Gasteiger partial charge in [-0.25, -0.2) is 0 Å². The van der Waals surface area contributed by atoms with E-state index < -0.39 is 11.5 Å². The van der Waals surface area contributed by atoms with E-state index in [0.29, 0.717) is 18.8 Å². The molecule has 1 rings (SSSR count). The van der Waals surface area contributed by atoms with E-state index >= 15 is 0 Å². The van der Waals surface area contributed by atoms with E-state index in [4.69, 9.17) is 10.8 Å². The van der Waals surface area contributed by atoms with E-state index in [9.17, 15) is 4.79 Å². The molecule has 0 bridgehead atoms. The number of halogens is 1. The zero-order chi connectivity index (χ0) is 8.48. The van der Waals surface area contributed by atoms with E-state index in [2.05, 4.69) is 6.92 Å². The predicted octanol–water partition coefficient (Wildman–Crippen LogP) is 1.40. The molecule has 0 aliphatic heterocycles. The third kappa shape index (κ3) is 2.35. The lowest BCUT2D eigenvalue weighted by Crippen LogP contribution is -2.50. The molecule has 0 aromatic heterocycles. The fraction of sp³-hybridized carbons (Fsp3) is 0.875. The van der Waals surface area contributed by atoms with Crippen molar-refractivity contribution in [2.45, 2.75) is 38.1 Å². The Morgan fingerprint density at radius 1 is 1.67 bits per heavy atom. The summed E-state index contributed by atoms with van der Waals surface area (Å²) in [6, 6.07) is 0. The summed E-state index contributed by atoms with van der Waals surface area (Å²) in [5.41, 5.74) is 4.76.